The highest BCUT2D eigenvalue weighted by Gasteiger charge is 2.19. The third-order valence-corrected chi connectivity index (χ3v) is 7.39. The van der Waals surface area contributed by atoms with Gasteiger partial charge in [-0.05, 0) is 62.5 Å². The molecule has 0 aliphatic carbocycles. The van der Waals surface area contributed by atoms with Gasteiger partial charge in [0.1, 0.15) is 0 Å². The molecule has 188 valence electrons. The van der Waals surface area contributed by atoms with Crippen molar-refractivity contribution in [3.8, 4) is 22.3 Å². The molecule has 0 amide bonds. The van der Waals surface area contributed by atoms with Gasteiger partial charge in [-0.1, -0.05) is 121 Å². The van der Waals surface area contributed by atoms with Crippen LogP contribution in [0.15, 0.2) is 152 Å². The molecular weight excluding hydrogens is 484 g/mol. The first-order valence-corrected chi connectivity index (χ1v) is 13.5. The second-order valence-corrected chi connectivity index (χ2v) is 9.82. The van der Waals surface area contributed by atoms with Crippen molar-refractivity contribution in [2.24, 2.45) is 0 Å². The quantitative estimate of drug-likeness (QED) is 0.215. The lowest BCUT2D eigenvalue weighted by Gasteiger charge is -2.18. The Labute approximate surface area is 234 Å². The van der Waals surface area contributed by atoms with E-state index < -0.39 is 0 Å². The minimum absolute atomic E-state index is 0.908. The molecule has 0 atom stereocenters. The van der Waals surface area contributed by atoms with E-state index in [2.05, 4.69) is 127 Å². The Kier molecular flexibility index (Phi) is 6.20. The molecule has 40 heavy (non-hydrogen) atoms. The van der Waals surface area contributed by atoms with Crippen molar-refractivity contribution in [1.29, 1.82) is 0 Å². The lowest BCUT2D eigenvalue weighted by atomic mass is 9.87. The Hall–Kier alpha value is -5.34. The molecule has 2 heterocycles. The van der Waals surface area contributed by atoms with Crippen LogP contribution in [-0.4, -0.2) is 9.97 Å². The molecule has 0 bridgehead atoms. The third kappa shape index (κ3) is 4.36. The van der Waals surface area contributed by atoms with Crippen LogP contribution in [0.3, 0.4) is 0 Å². The smallest absolute Gasteiger partial charge is 0.0787 e. The topological polar surface area (TPSA) is 25.8 Å². The third-order valence-electron chi connectivity index (χ3n) is 7.39. The average Bonchev–Trinajstić information content (AvgIpc) is 3.04. The van der Waals surface area contributed by atoms with Crippen LogP contribution < -0.4 is 0 Å². The highest BCUT2D eigenvalue weighted by Crippen LogP contribution is 2.40. The summed E-state index contributed by atoms with van der Waals surface area (Å²) in [5.41, 5.74) is 8.48. The monoisotopic (exact) mass is 510 g/mol. The number of aromatic nitrogens is 2. The normalized spacial score (nSPS) is 11.7. The number of hydrogen-bond acceptors (Lipinski definition) is 2. The molecule has 0 aliphatic rings. The van der Waals surface area contributed by atoms with Crippen LogP contribution in [0.4, 0.5) is 0 Å². The van der Waals surface area contributed by atoms with Gasteiger partial charge in [-0.2, -0.15) is 0 Å². The van der Waals surface area contributed by atoms with Gasteiger partial charge in [-0.25, -0.2) is 0 Å². The molecule has 0 saturated heterocycles. The molecular formula is C38H26N2. The van der Waals surface area contributed by atoms with Gasteiger partial charge in [0.15, 0.2) is 0 Å². The molecule has 2 aromatic heterocycles. The second kappa shape index (κ2) is 10.4. The summed E-state index contributed by atoms with van der Waals surface area (Å²) < 4.78 is 0. The zero-order valence-electron chi connectivity index (χ0n) is 21.9. The molecule has 5 aromatic carbocycles. The zero-order chi connectivity index (χ0) is 26.7. The van der Waals surface area contributed by atoms with Gasteiger partial charge in [0.2, 0.25) is 0 Å². The largest absolute Gasteiger partial charge is 0.256 e. The number of rotatable bonds is 5. The van der Waals surface area contributed by atoms with Crippen molar-refractivity contribution in [2.45, 2.75) is 0 Å². The average molecular weight is 511 g/mol. The summed E-state index contributed by atoms with van der Waals surface area (Å²) in [6, 6.07) is 48.8. The maximum Gasteiger partial charge on any atom is 0.0787 e. The summed E-state index contributed by atoms with van der Waals surface area (Å²) >= 11 is 0. The van der Waals surface area contributed by atoms with Crippen molar-refractivity contribution in [2.75, 3.05) is 0 Å². The fourth-order valence-electron chi connectivity index (χ4n) is 5.56. The molecule has 0 fully saturated rings. The highest BCUT2D eigenvalue weighted by molar-refractivity contribution is 6.14. The Bertz CT molecular complexity index is 1940. The standard InChI is InChI=1S/C38H26N2/c1-3-13-27(14-4-1)31-21-11-23-39-36(31)26-35(38-34(22-12-24-40-38)28-15-5-2-6-16-28)37-32-19-9-7-17-29(32)25-30-18-8-10-20-33(30)37/h1-26H/b35-26+. The first-order chi connectivity index (χ1) is 19.9. The molecule has 0 N–H and O–H groups in total. The maximum atomic E-state index is 5.05. The molecule has 7 aromatic rings. The van der Waals surface area contributed by atoms with Crippen molar-refractivity contribution in [3.63, 3.8) is 0 Å². The van der Waals surface area contributed by atoms with E-state index in [4.69, 9.17) is 9.97 Å². The van der Waals surface area contributed by atoms with E-state index in [1.807, 2.05) is 30.6 Å². The Morgan fingerprint density at radius 1 is 0.475 bits per heavy atom. The number of pyridine rings is 2. The van der Waals surface area contributed by atoms with E-state index in [0.29, 0.717) is 0 Å². The SMILES string of the molecule is C(=C(\c1ncccc1-c1ccccc1)c1c2ccccc2cc2ccccc12)/c1ncccc1-c1ccccc1. The molecule has 0 spiro atoms. The minimum atomic E-state index is 0.908. The molecule has 2 heteroatoms. The van der Waals surface area contributed by atoms with Gasteiger partial charge in [-0.15, -0.1) is 0 Å². The Balaban J connectivity index is 1.61. The molecule has 0 saturated carbocycles. The van der Waals surface area contributed by atoms with Crippen LogP contribution in [0, 0.1) is 0 Å². The fourth-order valence-corrected chi connectivity index (χ4v) is 5.56. The number of benzene rings is 5. The molecule has 0 aliphatic heterocycles. The maximum absolute atomic E-state index is 5.05. The summed E-state index contributed by atoms with van der Waals surface area (Å²) in [4.78, 5) is 9.95. The molecule has 7 rings (SSSR count). The van der Waals surface area contributed by atoms with Crippen LogP contribution >= 0.6 is 0 Å². The van der Waals surface area contributed by atoms with Gasteiger partial charge < -0.3 is 0 Å². The lowest BCUT2D eigenvalue weighted by molar-refractivity contribution is 1.27. The lowest BCUT2D eigenvalue weighted by Crippen LogP contribution is -1.99. The van der Waals surface area contributed by atoms with Crippen molar-refractivity contribution >= 4 is 33.2 Å². The first-order valence-electron chi connectivity index (χ1n) is 13.5. The van der Waals surface area contributed by atoms with E-state index >= 15 is 0 Å². The van der Waals surface area contributed by atoms with E-state index in [0.717, 1.165) is 44.8 Å². The van der Waals surface area contributed by atoms with Gasteiger partial charge in [0.25, 0.3) is 0 Å². The van der Waals surface area contributed by atoms with Gasteiger partial charge in [-0.3, -0.25) is 9.97 Å². The second-order valence-electron chi connectivity index (χ2n) is 9.82. The van der Waals surface area contributed by atoms with E-state index in [1.54, 1.807) is 0 Å². The van der Waals surface area contributed by atoms with E-state index in [9.17, 15) is 0 Å². The summed E-state index contributed by atoms with van der Waals surface area (Å²) in [7, 11) is 0. The molecule has 0 unspecified atom stereocenters. The van der Waals surface area contributed by atoms with Gasteiger partial charge in [0.05, 0.1) is 11.4 Å². The van der Waals surface area contributed by atoms with E-state index in [-0.39, 0.29) is 0 Å². The predicted molar refractivity (Wildman–Crippen MR) is 168 cm³/mol. The van der Waals surface area contributed by atoms with Crippen LogP contribution in [-0.2, 0) is 0 Å². The molecule has 0 radical (unpaired) electrons. The van der Waals surface area contributed by atoms with Crippen LogP contribution in [0.1, 0.15) is 17.0 Å². The Morgan fingerprint density at radius 3 is 1.65 bits per heavy atom. The number of fused-ring (bicyclic) bond motifs is 2. The highest BCUT2D eigenvalue weighted by atomic mass is 14.7. The van der Waals surface area contributed by atoms with Crippen molar-refractivity contribution in [1.82, 2.24) is 9.97 Å². The molecule has 2 nitrogen and oxygen atoms in total. The van der Waals surface area contributed by atoms with Crippen molar-refractivity contribution < 1.29 is 0 Å². The Morgan fingerprint density at radius 2 is 1.00 bits per heavy atom. The summed E-state index contributed by atoms with van der Waals surface area (Å²) in [5.74, 6) is 0. The van der Waals surface area contributed by atoms with Gasteiger partial charge in [0, 0.05) is 29.1 Å². The van der Waals surface area contributed by atoms with Crippen LogP contribution in [0.2, 0.25) is 0 Å². The minimum Gasteiger partial charge on any atom is -0.256 e. The van der Waals surface area contributed by atoms with Crippen LogP contribution in [0.5, 0.6) is 0 Å². The van der Waals surface area contributed by atoms with Gasteiger partial charge >= 0.3 is 0 Å². The zero-order valence-corrected chi connectivity index (χ0v) is 21.9. The summed E-state index contributed by atoms with van der Waals surface area (Å²) in [5, 5.41) is 4.77. The summed E-state index contributed by atoms with van der Waals surface area (Å²) in [6.45, 7) is 0. The number of nitrogens with zero attached hydrogens (tertiary/aromatic N) is 2. The first kappa shape index (κ1) is 23.8. The van der Waals surface area contributed by atoms with E-state index in [1.165, 1.54) is 21.5 Å². The fraction of sp³-hybridized carbons (Fsp3) is 0. The van der Waals surface area contributed by atoms with Crippen LogP contribution in [0.25, 0.3) is 55.4 Å². The summed E-state index contributed by atoms with van der Waals surface area (Å²) in [6.07, 6.45) is 5.98. The predicted octanol–water partition coefficient (Wildman–Crippen LogP) is 9.71. The van der Waals surface area contributed by atoms with Crippen molar-refractivity contribution in [3.05, 3.63) is 169 Å². The number of hydrogen-bond donors (Lipinski definition) is 0.